The minimum Gasteiger partial charge on any atom is -0.271 e. The highest BCUT2D eigenvalue weighted by molar-refractivity contribution is 5.94. The van der Waals surface area contributed by atoms with Gasteiger partial charge in [-0.25, -0.2) is 0 Å². The first-order chi connectivity index (χ1) is 12.2. The van der Waals surface area contributed by atoms with E-state index >= 15 is 0 Å². The van der Waals surface area contributed by atoms with Crippen LogP contribution in [0.4, 0.5) is 17.1 Å². The molecule has 0 radical (unpaired) electrons. The summed E-state index contributed by atoms with van der Waals surface area (Å²) in [5, 5.41) is 26.2. The smallest absolute Gasteiger partial charge is 0.271 e. The Kier molecular flexibility index (Phi) is 4.52. The summed E-state index contributed by atoms with van der Waals surface area (Å²) in [6, 6.07) is 3.46. The largest absolute Gasteiger partial charge is 0.301 e. The van der Waals surface area contributed by atoms with Crippen LogP contribution in [0, 0.1) is 37.5 Å². The van der Waals surface area contributed by atoms with Crippen molar-refractivity contribution in [1.29, 1.82) is 0 Å². The summed E-state index contributed by atoms with van der Waals surface area (Å²) < 4.78 is 0. The van der Waals surface area contributed by atoms with Crippen molar-refractivity contribution in [3.8, 4) is 0 Å². The van der Waals surface area contributed by atoms with Crippen molar-refractivity contribution in [1.82, 2.24) is 0 Å². The van der Waals surface area contributed by atoms with Crippen LogP contribution >= 0.6 is 0 Å². The molecule has 8 nitrogen and oxygen atoms in total. The Hall–Kier alpha value is -2.77. The first-order valence-corrected chi connectivity index (χ1v) is 8.65. The molecule has 138 valence electrons. The van der Waals surface area contributed by atoms with Gasteiger partial charge in [-0.2, -0.15) is 5.10 Å². The van der Waals surface area contributed by atoms with Crippen molar-refractivity contribution in [2.75, 3.05) is 5.43 Å². The zero-order chi connectivity index (χ0) is 19.1. The fourth-order valence-electron chi connectivity index (χ4n) is 4.27. The van der Waals surface area contributed by atoms with Gasteiger partial charge in [-0.05, 0) is 55.6 Å². The van der Waals surface area contributed by atoms with E-state index in [1.165, 1.54) is 37.0 Å². The van der Waals surface area contributed by atoms with Crippen LogP contribution in [0.15, 0.2) is 34.9 Å². The third kappa shape index (κ3) is 3.18. The molecule has 0 aliphatic heterocycles. The molecule has 0 unspecified atom stereocenters. The number of fused-ring (bicyclic) bond motifs is 2. The molecule has 8 heteroatoms. The number of benzene rings is 1. The predicted octanol–water partition coefficient (Wildman–Crippen LogP) is 4.67. The van der Waals surface area contributed by atoms with E-state index in [-0.39, 0.29) is 22.5 Å². The maximum Gasteiger partial charge on any atom is 0.301 e. The summed E-state index contributed by atoms with van der Waals surface area (Å²) in [4.78, 5) is 20.7. The number of non-ortho nitro benzene ring substituents is 1. The van der Waals surface area contributed by atoms with Crippen LogP contribution in [0.5, 0.6) is 0 Å². The number of hydrogen-bond donors (Lipinski definition) is 1. The molecule has 3 rings (SSSR count). The van der Waals surface area contributed by atoms with E-state index in [9.17, 15) is 20.2 Å². The molecule has 0 spiro atoms. The Bertz CT molecular complexity index is 828. The number of hydrogen-bond acceptors (Lipinski definition) is 6. The third-order valence-corrected chi connectivity index (χ3v) is 5.74. The highest BCUT2D eigenvalue weighted by Crippen LogP contribution is 2.58. The van der Waals surface area contributed by atoms with Crippen LogP contribution in [0.2, 0.25) is 0 Å². The van der Waals surface area contributed by atoms with Crippen LogP contribution in [0.1, 0.15) is 40.0 Å². The lowest BCUT2D eigenvalue weighted by atomic mass is 9.72. The molecule has 0 aromatic heterocycles. The van der Waals surface area contributed by atoms with Gasteiger partial charge in [0, 0.05) is 6.07 Å². The summed E-state index contributed by atoms with van der Waals surface area (Å²) in [5.74, 6) is 1.32. The highest BCUT2D eigenvalue weighted by Gasteiger charge is 2.48. The molecule has 1 aromatic carbocycles. The second-order valence-corrected chi connectivity index (χ2v) is 7.61. The fraction of sp³-hybridized carbons (Fsp3) is 0.500. The Morgan fingerprint density at radius 2 is 2.00 bits per heavy atom. The van der Waals surface area contributed by atoms with Crippen LogP contribution in [-0.4, -0.2) is 15.6 Å². The molecule has 2 aliphatic carbocycles. The number of allylic oxidation sites excluding steroid dienone is 2. The number of rotatable bonds is 5. The number of hydrazone groups is 1. The molecule has 1 aromatic rings. The number of nitro benzene ring substituents is 2. The van der Waals surface area contributed by atoms with E-state index in [2.05, 4.69) is 30.5 Å². The Morgan fingerprint density at radius 3 is 2.58 bits per heavy atom. The Labute approximate surface area is 151 Å². The van der Waals surface area contributed by atoms with Gasteiger partial charge in [-0.1, -0.05) is 19.4 Å². The van der Waals surface area contributed by atoms with Gasteiger partial charge < -0.3 is 0 Å². The lowest BCUT2D eigenvalue weighted by Gasteiger charge is -2.32. The van der Waals surface area contributed by atoms with Gasteiger partial charge in [0.25, 0.3) is 5.69 Å². The zero-order valence-electron chi connectivity index (χ0n) is 15.1. The average Bonchev–Trinajstić information content (AvgIpc) is 3.14. The molecular weight excluding hydrogens is 336 g/mol. The SMILES string of the molecule is C/C(C=C1[C@H]2CC[C@@H](C2)C1(C)C)=N\Nc1ccc([N+](=O)[O-])cc1[N+](=O)[O-]. The number of anilines is 1. The van der Waals surface area contributed by atoms with Crippen LogP contribution < -0.4 is 5.43 Å². The van der Waals surface area contributed by atoms with Gasteiger partial charge in [0.15, 0.2) is 0 Å². The monoisotopic (exact) mass is 358 g/mol. The summed E-state index contributed by atoms with van der Waals surface area (Å²) >= 11 is 0. The standard InChI is InChI=1S/C18H22N4O4/c1-11(8-15-12-4-5-13(9-12)18(15,2)3)19-20-16-7-6-14(21(23)24)10-17(16)22(25)26/h6-8,10,12-13,20H,4-5,9H2,1-3H3/b15-8?,19-11+/t12-,13-/m0/s1. The minimum atomic E-state index is -0.660. The van der Waals surface area contributed by atoms with Crippen molar-refractivity contribution < 1.29 is 9.85 Å². The fourth-order valence-corrected chi connectivity index (χ4v) is 4.27. The van der Waals surface area contributed by atoms with Crippen molar-refractivity contribution in [2.24, 2.45) is 22.4 Å². The van der Waals surface area contributed by atoms with Crippen molar-refractivity contribution >= 4 is 22.8 Å². The number of nitrogens with one attached hydrogen (secondary N) is 1. The lowest BCUT2D eigenvalue weighted by Crippen LogP contribution is -2.23. The van der Waals surface area contributed by atoms with Gasteiger partial charge in [0.2, 0.25) is 0 Å². The van der Waals surface area contributed by atoms with Gasteiger partial charge >= 0.3 is 5.69 Å². The van der Waals surface area contributed by atoms with Gasteiger partial charge in [0.1, 0.15) is 5.69 Å². The van der Waals surface area contributed by atoms with E-state index in [0.29, 0.717) is 5.92 Å². The van der Waals surface area contributed by atoms with Crippen LogP contribution in [0.3, 0.4) is 0 Å². The normalized spacial score (nSPS) is 25.5. The van der Waals surface area contributed by atoms with E-state index in [0.717, 1.165) is 17.7 Å². The predicted molar refractivity (Wildman–Crippen MR) is 99.2 cm³/mol. The summed E-state index contributed by atoms with van der Waals surface area (Å²) in [7, 11) is 0. The van der Waals surface area contributed by atoms with Crippen molar-refractivity contribution in [3.63, 3.8) is 0 Å². The second kappa shape index (κ2) is 6.51. The maximum absolute atomic E-state index is 11.2. The Morgan fingerprint density at radius 1 is 1.27 bits per heavy atom. The quantitative estimate of drug-likeness (QED) is 0.467. The lowest BCUT2D eigenvalue weighted by molar-refractivity contribution is -0.393. The van der Waals surface area contributed by atoms with Crippen LogP contribution in [0.25, 0.3) is 0 Å². The molecule has 2 saturated carbocycles. The van der Waals surface area contributed by atoms with Gasteiger partial charge in [-0.3, -0.25) is 25.7 Å². The number of nitro groups is 2. The molecule has 2 fully saturated rings. The van der Waals surface area contributed by atoms with Crippen LogP contribution in [-0.2, 0) is 0 Å². The molecule has 26 heavy (non-hydrogen) atoms. The molecule has 2 aliphatic rings. The average molecular weight is 358 g/mol. The third-order valence-electron chi connectivity index (χ3n) is 5.74. The molecule has 1 N–H and O–H groups in total. The van der Waals surface area contributed by atoms with Gasteiger partial charge in [0.05, 0.1) is 21.6 Å². The molecule has 2 atom stereocenters. The zero-order valence-corrected chi connectivity index (χ0v) is 15.1. The maximum atomic E-state index is 11.2. The van der Waals surface area contributed by atoms with E-state index in [4.69, 9.17) is 0 Å². The van der Waals surface area contributed by atoms with Crippen molar-refractivity contribution in [2.45, 2.75) is 40.0 Å². The first kappa shape index (κ1) is 18.0. The Balaban J connectivity index is 1.83. The molecular formula is C18H22N4O4. The second-order valence-electron chi connectivity index (χ2n) is 7.61. The summed E-state index contributed by atoms with van der Waals surface area (Å²) in [5.41, 5.74) is 4.41. The number of nitrogens with zero attached hydrogens (tertiary/aromatic N) is 3. The van der Waals surface area contributed by atoms with E-state index < -0.39 is 9.85 Å². The molecule has 0 heterocycles. The topological polar surface area (TPSA) is 111 Å². The van der Waals surface area contributed by atoms with Crippen molar-refractivity contribution in [3.05, 3.63) is 50.1 Å². The molecule has 2 bridgehead atoms. The minimum absolute atomic E-state index is 0.130. The van der Waals surface area contributed by atoms with E-state index in [1.54, 1.807) is 0 Å². The molecule has 0 saturated heterocycles. The highest BCUT2D eigenvalue weighted by atomic mass is 16.6. The summed E-state index contributed by atoms with van der Waals surface area (Å²) in [6.45, 7) is 6.38. The summed E-state index contributed by atoms with van der Waals surface area (Å²) in [6.07, 6.45) is 5.80. The van der Waals surface area contributed by atoms with E-state index in [1.807, 2.05) is 6.92 Å². The molecule has 0 amide bonds. The van der Waals surface area contributed by atoms with Gasteiger partial charge in [-0.15, -0.1) is 0 Å². The first-order valence-electron chi connectivity index (χ1n) is 8.65.